The van der Waals surface area contributed by atoms with Crippen LogP contribution in [-0.4, -0.2) is 12.2 Å². The lowest BCUT2D eigenvalue weighted by atomic mass is 10.0. The van der Waals surface area contributed by atoms with Gasteiger partial charge in [-0.25, -0.2) is 0 Å². The zero-order valence-electron chi connectivity index (χ0n) is 23.2. The van der Waals surface area contributed by atoms with Crippen molar-refractivity contribution in [1.29, 1.82) is 0 Å². The van der Waals surface area contributed by atoms with Crippen molar-refractivity contribution in [2.24, 2.45) is 0 Å². The van der Waals surface area contributed by atoms with Gasteiger partial charge in [0, 0.05) is 21.6 Å². The van der Waals surface area contributed by atoms with Gasteiger partial charge in [-0.05, 0) is 75.9 Å². The van der Waals surface area contributed by atoms with E-state index in [1.54, 1.807) is 0 Å². The van der Waals surface area contributed by atoms with Crippen LogP contribution in [0.3, 0.4) is 0 Å². The lowest BCUT2D eigenvalue weighted by Gasteiger charge is -2.22. The molecule has 0 unspecified atom stereocenters. The number of hydrogen-bond donors (Lipinski definition) is 0. The summed E-state index contributed by atoms with van der Waals surface area (Å²) in [5.41, 5.74) is 7.21. The highest BCUT2D eigenvalue weighted by Gasteiger charge is 2.20. The fourth-order valence-corrected chi connectivity index (χ4v) is 6.90. The van der Waals surface area contributed by atoms with Gasteiger partial charge in [-0.3, -0.25) is 0 Å². The van der Waals surface area contributed by atoms with Crippen molar-refractivity contribution in [1.82, 2.24) is 0 Å². The summed E-state index contributed by atoms with van der Waals surface area (Å²) in [5, 5.41) is 0.526. The van der Waals surface area contributed by atoms with Crippen molar-refractivity contribution in [2.75, 3.05) is 0 Å². The van der Waals surface area contributed by atoms with E-state index in [0.717, 1.165) is 11.5 Å². The highest BCUT2D eigenvalue weighted by atomic mass is 33.1. The van der Waals surface area contributed by atoms with E-state index in [4.69, 9.17) is 9.47 Å². The van der Waals surface area contributed by atoms with Gasteiger partial charge in [0.1, 0.15) is 11.5 Å². The van der Waals surface area contributed by atoms with Gasteiger partial charge < -0.3 is 9.47 Å². The molecule has 0 fully saturated rings. The van der Waals surface area contributed by atoms with Crippen LogP contribution in [0.5, 0.6) is 11.5 Å². The standard InChI is InChI=1S/C34H38O2S2/c1-23(2)35-33-21-29(27-13-9-7-10-14-27)17-19-31(33)25(5)37-38-26(6)32-20-18-30(22-34(32)36-24(3)4)28-15-11-8-12-16-28/h7-26H,1-6H3/t25-,26-/m1/s1. The van der Waals surface area contributed by atoms with E-state index in [9.17, 15) is 0 Å². The minimum absolute atomic E-state index is 0.113. The summed E-state index contributed by atoms with van der Waals surface area (Å²) >= 11 is 0. The van der Waals surface area contributed by atoms with Gasteiger partial charge in [0.15, 0.2) is 0 Å². The van der Waals surface area contributed by atoms with Gasteiger partial charge in [-0.15, -0.1) is 0 Å². The topological polar surface area (TPSA) is 18.5 Å². The zero-order valence-corrected chi connectivity index (χ0v) is 24.8. The molecule has 4 heteroatoms. The first-order valence-electron chi connectivity index (χ1n) is 13.4. The summed E-state index contributed by atoms with van der Waals surface area (Å²) in [6.07, 6.45) is 0.227. The quantitative estimate of drug-likeness (QED) is 0.175. The molecule has 4 aromatic carbocycles. The second-order valence-electron chi connectivity index (χ2n) is 10.0. The number of hydrogen-bond acceptors (Lipinski definition) is 4. The van der Waals surface area contributed by atoms with E-state index in [2.05, 4.69) is 126 Å². The SMILES string of the molecule is CC(C)Oc1cc(-c2ccccc2)ccc1[C@@H](C)SS[C@H](C)c1ccc(-c2ccccc2)cc1OC(C)C. The molecule has 4 rings (SSSR count). The maximum Gasteiger partial charge on any atom is 0.124 e. The van der Waals surface area contributed by atoms with Crippen molar-refractivity contribution in [3.8, 4) is 33.8 Å². The largest absolute Gasteiger partial charge is 0.491 e. The van der Waals surface area contributed by atoms with Crippen LogP contribution < -0.4 is 9.47 Å². The fourth-order valence-electron chi connectivity index (χ4n) is 4.34. The summed E-state index contributed by atoms with van der Waals surface area (Å²) in [4.78, 5) is 0. The van der Waals surface area contributed by atoms with Crippen LogP contribution in [0.15, 0.2) is 97.1 Å². The molecule has 2 atom stereocenters. The summed E-state index contributed by atoms with van der Waals surface area (Å²) < 4.78 is 12.6. The zero-order chi connectivity index (χ0) is 27.1. The molecule has 4 aromatic rings. The van der Waals surface area contributed by atoms with Crippen molar-refractivity contribution in [2.45, 2.75) is 64.3 Å². The highest BCUT2D eigenvalue weighted by molar-refractivity contribution is 8.76. The van der Waals surface area contributed by atoms with Gasteiger partial charge >= 0.3 is 0 Å². The molecule has 0 N–H and O–H groups in total. The third kappa shape index (κ3) is 7.39. The number of ether oxygens (including phenoxy) is 2. The van der Waals surface area contributed by atoms with Gasteiger partial charge in [-0.2, -0.15) is 0 Å². The van der Waals surface area contributed by atoms with Crippen LogP contribution >= 0.6 is 21.6 Å². The number of benzene rings is 4. The van der Waals surface area contributed by atoms with E-state index < -0.39 is 0 Å². The molecule has 38 heavy (non-hydrogen) atoms. The first-order chi connectivity index (χ1) is 18.3. The summed E-state index contributed by atoms with van der Waals surface area (Å²) in [6, 6.07) is 34.2. The van der Waals surface area contributed by atoms with Crippen LogP contribution in [0.2, 0.25) is 0 Å². The monoisotopic (exact) mass is 542 g/mol. The molecule has 0 aliphatic heterocycles. The Morgan fingerprint density at radius 1 is 0.447 bits per heavy atom. The Kier molecular flexibility index (Phi) is 9.87. The minimum Gasteiger partial charge on any atom is -0.491 e. The third-order valence-corrected chi connectivity index (χ3v) is 9.45. The molecule has 0 saturated heterocycles. The molecule has 198 valence electrons. The average molecular weight is 543 g/mol. The predicted molar refractivity (Wildman–Crippen MR) is 167 cm³/mol. The second kappa shape index (κ2) is 13.3. The van der Waals surface area contributed by atoms with Crippen LogP contribution in [0.25, 0.3) is 22.3 Å². The first kappa shape index (κ1) is 28.2. The van der Waals surface area contributed by atoms with E-state index in [-0.39, 0.29) is 22.7 Å². The Balaban J connectivity index is 1.53. The van der Waals surface area contributed by atoms with Gasteiger partial charge in [0.05, 0.1) is 12.2 Å². The minimum atomic E-state index is 0.113. The van der Waals surface area contributed by atoms with Crippen LogP contribution in [0.4, 0.5) is 0 Å². The molecule has 0 bridgehead atoms. The van der Waals surface area contributed by atoms with Crippen LogP contribution in [-0.2, 0) is 0 Å². The van der Waals surface area contributed by atoms with Gasteiger partial charge in [-0.1, -0.05) is 107 Å². The third-order valence-electron chi connectivity index (χ3n) is 6.19. The van der Waals surface area contributed by atoms with Gasteiger partial charge in [0.25, 0.3) is 0 Å². The molecule has 0 heterocycles. The fraction of sp³-hybridized carbons (Fsp3) is 0.294. The molecule has 0 aromatic heterocycles. The second-order valence-corrected chi connectivity index (χ2v) is 13.0. The molecule has 0 spiro atoms. The molecule has 2 nitrogen and oxygen atoms in total. The summed E-state index contributed by atoms with van der Waals surface area (Å²) in [6.45, 7) is 12.9. The Hall–Kier alpha value is -2.82. The molecule has 0 saturated carbocycles. The Labute approximate surface area is 236 Å². The van der Waals surface area contributed by atoms with E-state index >= 15 is 0 Å². The van der Waals surface area contributed by atoms with Gasteiger partial charge in [0.2, 0.25) is 0 Å². The summed E-state index contributed by atoms with van der Waals surface area (Å²) in [5.74, 6) is 1.93. The van der Waals surface area contributed by atoms with Crippen molar-refractivity contribution in [3.05, 3.63) is 108 Å². The first-order valence-corrected chi connectivity index (χ1v) is 15.6. The van der Waals surface area contributed by atoms with Crippen LogP contribution in [0, 0.1) is 0 Å². The lowest BCUT2D eigenvalue weighted by Crippen LogP contribution is -2.08. The van der Waals surface area contributed by atoms with E-state index in [1.165, 1.54) is 33.4 Å². The van der Waals surface area contributed by atoms with E-state index in [0.29, 0.717) is 0 Å². The molecule has 0 amide bonds. The van der Waals surface area contributed by atoms with Crippen molar-refractivity contribution >= 4 is 21.6 Å². The molecular weight excluding hydrogens is 505 g/mol. The predicted octanol–water partition coefficient (Wildman–Crippen LogP) is 10.8. The Morgan fingerprint density at radius 3 is 1.16 bits per heavy atom. The van der Waals surface area contributed by atoms with Crippen molar-refractivity contribution < 1.29 is 9.47 Å². The molecule has 0 aliphatic rings. The smallest absolute Gasteiger partial charge is 0.124 e. The number of rotatable bonds is 11. The van der Waals surface area contributed by atoms with Crippen LogP contribution in [0.1, 0.15) is 63.2 Å². The molecule has 0 radical (unpaired) electrons. The maximum atomic E-state index is 6.30. The summed E-state index contributed by atoms with van der Waals surface area (Å²) in [7, 11) is 3.77. The average Bonchev–Trinajstić information content (AvgIpc) is 2.92. The normalized spacial score (nSPS) is 12.9. The maximum absolute atomic E-state index is 6.30. The molecule has 0 aliphatic carbocycles. The Bertz CT molecular complexity index is 1200. The van der Waals surface area contributed by atoms with Crippen molar-refractivity contribution in [3.63, 3.8) is 0 Å². The molecular formula is C34H38O2S2. The Morgan fingerprint density at radius 2 is 0.816 bits per heavy atom. The highest BCUT2D eigenvalue weighted by Crippen LogP contribution is 2.50. The lowest BCUT2D eigenvalue weighted by molar-refractivity contribution is 0.240. The van der Waals surface area contributed by atoms with E-state index in [1.807, 2.05) is 33.7 Å².